The number of carbonyl (C=O) groups is 3. The largest absolute Gasteiger partial charge is 0.467 e. The van der Waals surface area contributed by atoms with Gasteiger partial charge >= 0.3 is 0 Å². The summed E-state index contributed by atoms with van der Waals surface area (Å²) in [5.74, 6) is -0.534. The maximum atomic E-state index is 13.9. The van der Waals surface area contributed by atoms with Gasteiger partial charge in [-0.25, -0.2) is 0 Å². The zero-order chi connectivity index (χ0) is 23.2. The number of carbonyl (C=O) groups excluding carboxylic acids is 3. The van der Waals surface area contributed by atoms with Crippen molar-refractivity contribution in [3.8, 4) is 11.5 Å². The van der Waals surface area contributed by atoms with Crippen LogP contribution in [-0.4, -0.2) is 47.0 Å². The van der Waals surface area contributed by atoms with E-state index in [1.54, 1.807) is 35.2 Å². The van der Waals surface area contributed by atoms with Gasteiger partial charge in [-0.3, -0.25) is 14.4 Å². The number of hydrogen-bond acceptors (Lipinski definition) is 7. The van der Waals surface area contributed by atoms with E-state index in [1.807, 2.05) is 19.1 Å². The third-order valence-electron chi connectivity index (χ3n) is 7.89. The molecule has 2 bridgehead atoms. The molecule has 1 spiro atoms. The normalized spacial score (nSPS) is 36.7. The molecule has 1 N–H and O–H groups in total. The first kappa shape index (κ1) is 19.8. The number of hydrogen-bond donors (Lipinski definition) is 1. The SMILES string of the molecule is CC1C(=O)CC(c2ccco2)N2C(=O)C3C(C(=O)Nc4ccc5c(c4)OCO5)[C@H]4C=C[C@@]3(O4)C12. The molecule has 1 aromatic carbocycles. The Morgan fingerprint density at radius 3 is 2.85 bits per heavy atom. The van der Waals surface area contributed by atoms with E-state index >= 15 is 0 Å². The molecule has 1 aromatic heterocycles. The second-order valence-corrected chi connectivity index (χ2v) is 9.54. The first-order valence-electron chi connectivity index (χ1n) is 11.4. The Kier molecular flexibility index (Phi) is 3.92. The number of nitrogens with one attached hydrogen (secondary N) is 1. The number of furan rings is 1. The van der Waals surface area contributed by atoms with Gasteiger partial charge in [0.25, 0.3) is 0 Å². The van der Waals surface area contributed by atoms with Crippen LogP contribution in [0.3, 0.4) is 0 Å². The molecule has 9 heteroatoms. The lowest BCUT2D eigenvalue weighted by molar-refractivity contribution is -0.147. The van der Waals surface area contributed by atoms with Crippen LogP contribution in [0.4, 0.5) is 5.69 Å². The minimum Gasteiger partial charge on any atom is -0.467 e. The van der Waals surface area contributed by atoms with Crippen LogP contribution in [0.1, 0.15) is 25.1 Å². The third-order valence-corrected chi connectivity index (χ3v) is 7.89. The van der Waals surface area contributed by atoms with Crippen molar-refractivity contribution in [1.29, 1.82) is 0 Å². The van der Waals surface area contributed by atoms with E-state index in [-0.39, 0.29) is 30.8 Å². The number of Topliss-reactive ketones (excluding diaryl/α,β-unsaturated/α-hetero) is 1. The van der Waals surface area contributed by atoms with Crippen molar-refractivity contribution in [3.63, 3.8) is 0 Å². The van der Waals surface area contributed by atoms with Gasteiger partial charge in [-0.2, -0.15) is 0 Å². The average molecular weight is 462 g/mol. The number of rotatable bonds is 3. The van der Waals surface area contributed by atoms with Gasteiger partial charge in [0.05, 0.1) is 36.3 Å². The highest BCUT2D eigenvalue weighted by Crippen LogP contribution is 2.60. The van der Waals surface area contributed by atoms with Gasteiger partial charge in [-0.1, -0.05) is 19.1 Å². The Bertz CT molecular complexity index is 1250. The maximum Gasteiger partial charge on any atom is 0.231 e. The molecule has 2 aromatic rings. The maximum absolute atomic E-state index is 13.9. The lowest BCUT2D eigenvalue weighted by atomic mass is 9.70. The van der Waals surface area contributed by atoms with Crippen LogP contribution >= 0.6 is 0 Å². The summed E-state index contributed by atoms with van der Waals surface area (Å²) in [6, 6.07) is 7.69. The number of anilines is 1. The van der Waals surface area contributed by atoms with Gasteiger partial charge in [0.1, 0.15) is 17.1 Å². The highest BCUT2D eigenvalue weighted by Gasteiger charge is 2.74. The van der Waals surface area contributed by atoms with Gasteiger partial charge in [0, 0.05) is 24.1 Å². The monoisotopic (exact) mass is 462 g/mol. The second-order valence-electron chi connectivity index (χ2n) is 9.54. The molecule has 5 aliphatic rings. The van der Waals surface area contributed by atoms with E-state index < -0.39 is 41.5 Å². The fourth-order valence-electron chi connectivity index (χ4n) is 6.46. The van der Waals surface area contributed by atoms with Crippen molar-refractivity contribution in [2.45, 2.75) is 37.1 Å². The van der Waals surface area contributed by atoms with E-state index in [0.29, 0.717) is 22.9 Å². The Balaban J connectivity index is 1.24. The number of ketones is 1. The number of ether oxygens (including phenoxy) is 3. The Labute approximate surface area is 194 Å². The summed E-state index contributed by atoms with van der Waals surface area (Å²) in [6.45, 7) is 1.98. The van der Waals surface area contributed by atoms with Crippen LogP contribution in [0.5, 0.6) is 11.5 Å². The molecule has 5 unspecified atom stereocenters. The summed E-state index contributed by atoms with van der Waals surface area (Å²) >= 11 is 0. The highest BCUT2D eigenvalue weighted by molar-refractivity contribution is 6.01. The zero-order valence-electron chi connectivity index (χ0n) is 18.3. The van der Waals surface area contributed by atoms with Crippen LogP contribution in [0.2, 0.25) is 0 Å². The second kappa shape index (κ2) is 6.73. The fraction of sp³-hybridized carbons (Fsp3) is 0.400. The van der Waals surface area contributed by atoms with Gasteiger partial charge in [-0.05, 0) is 24.3 Å². The summed E-state index contributed by atoms with van der Waals surface area (Å²) in [6.07, 6.45) is 4.93. The molecular formula is C25H22N2O7. The third kappa shape index (κ3) is 2.45. The predicted octanol–water partition coefficient (Wildman–Crippen LogP) is 2.45. The molecule has 0 aliphatic carbocycles. The molecule has 0 radical (unpaired) electrons. The molecule has 2 amide bonds. The molecule has 7 atom stereocenters. The van der Waals surface area contributed by atoms with Crippen molar-refractivity contribution in [3.05, 3.63) is 54.5 Å². The molecule has 34 heavy (non-hydrogen) atoms. The van der Waals surface area contributed by atoms with Gasteiger partial charge < -0.3 is 28.8 Å². The van der Waals surface area contributed by atoms with E-state index in [1.165, 1.54) is 6.26 Å². The summed E-state index contributed by atoms with van der Waals surface area (Å²) < 4.78 is 22.7. The van der Waals surface area contributed by atoms with Crippen molar-refractivity contribution in [1.82, 2.24) is 4.90 Å². The fourth-order valence-corrected chi connectivity index (χ4v) is 6.46. The molecule has 7 rings (SSSR count). The van der Waals surface area contributed by atoms with E-state index in [2.05, 4.69) is 5.32 Å². The molecule has 5 aliphatic heterocycles. The molecule has 9 nitrogen and oxygen atoms in total. The number of amides is 2. The van der Waals surface area contributed by atoms with E-state index in [4.69, 9.17) is 18.6 Å². The lowest BCUT2D eigenvalue weighted by Gasteiger charge is -2.43. The van der Waals surface area contributed by atoms with Crippen LogP contribution in [0.25, 0.3) is 0 Å². The van der Waals surface area contributed by atoms with Gasteiger partial charge in [-0.15, -0.1) is 0 Å². The molecule has 174 valence electrons. The van der Waals surface area contributed by atoms with E-state index in [0.717, 1.165) is 0 Å². The smallest absolute Gasteiger partial charge is 0.231 e. The van der Waals surface area contributed by atoms with Crippen molar-refractivity contribution >= 4 is 23.3 Å². The Morgan fingerprint density at radius 2 is 2.03 bits per heavy atom. The van der Waals surface area contributed by atoms with Gasteiger partial charge in [0.2, 0.25) is 18.6 Å². The molecule has 3 fully saturated rings. The topological polar surface area (TPSA) is 107 Å². The zero-order valence-corrected chi connectivity index (χ0v) is 18.3. The molecule has 0 saturated carbocycles. The summed E-state index contributed by atoms with van der Waals surface area (Å²) in [7, 11) is 0. The minimum atomic E-state index is -1.01. The lowest BCUT2D eigenvalue weighted by Crippen LogP contribution is -2.55. The quantitative estimate of drug-likeness (QED) is 0.698. The number of nitrogens with zero attached hydrogens (tertiary/aromatic N) is 1. The van der Waals surface area contributed by atoms with Crippen LogP contribution in [-0.2, 0) is 19.1 Å². The first-order chi connectivity index (χ1) is 16.5. The van der Waals surface area contributed by atoms with Crippen molar-refractivity contribution in [2.24, 2.45) is 17.8 Å². The van der Waals surface area contributed by atoms with Crippen LogP contribution in [0, 0.1) is 17.8 Å². The number of benzene rings is 1. The molecular weight excluding hydrogens is 440 g/mol. The van der Waals surface area contributed by atoms with Crippen molar-refractivity contribution < 1.29 is 33.0 Å². The molecule has 3 saturated heterocycles. The number of piperidine rings is 1. The molecule has 6 heterocycles. The van der Waals surface area contributed by atoms with E-state index in [9.17, 15) is 14.4 Å². The van der Waals surface area contributed by atoms with Crippen LogP contribution in [0.15, 0.2) is 53.2 Å². The van der Waals surface area contributed by atoms with Gasteiger partial charge in [0.15, 0.2) is 11.5 Å². The summed E-state index contributed by atoms with van der Waals surface area (Å²) in [5.41, 5.74) is -0.464. The average Bonchev–Trinajstić information content (AvgIpc) is 3.64. The minimum absolute atomic E-state index is 0.0548. The summed E-state index contributed by atoms with van der Waals surface area (Å²) in [5, 5.41) is 2.92. The highest BCUT2D eigenvalue weighted by atomic mass is 16.7. The first-order valence-corrected chi connectivity index (χ1v) is 11.4. The standard InChI is InChI=1S/C25H22N2O7/c1-12-15(28)10-14(16-3-2-8-31-16)27-22(12)25-7-6-18(34-25)20(21(25)24(27)30)23(29)26-13-4-5-17-19(9-13)33-11-32-17/h2-9,12,14,18,20-22H,10-11H2,1H3,(H,26,29)/t12?,14?,18-,20?,21?,22?,25+/m1/s1. The summed E-state index contributed by atoms with van der Waals surface area (Å²) in [4.78, 5) is 42.2. The Hall–Kier alpha value is -3.59. The number of fused-ring (bicyclic) bond motifs is 3. The Morgan fingerprint density at radius 1 is 1.18 bits per heavy atom. The van der Waals surface area contributed by atoms with Crippen LogP contribution < -0.4 is 14.8 Å². The van der Waals surface area contributed by atoms with Crippen molar-refractivity contribution in [2.75, 3.05) is 12.1 Å². The predicted molar refractivity (Wildman–Crippen MR) is 116 cm³/mol.